The van der Waals surface area contributed by atoms with E-state index in [0.717, 1.165) is 10.2 Å². The van der Waals surface area contributed by atoms with E-state index >= 15 is 0 Å². The van der Waals surface area contributed by atoms with Crippen LogP contribution in [0.15, 0.2) is 53.0 Å². The molecule has 0 fully saturated rings. The number of para-hydroxylation sites is 1. The second-order valence-electron chi connectivity index (χ2n) is 5.62. The Morgan fingerprint density at radius 3 is 2.67 bits per heavy atom. The van der Waals surface area contributed by atoms with Crippen LogP contribution in [0.3, 0.4) is 0 Å². The van der Waals surface area contributed by atoms with E-state index in [4.69, 9.17) is 17.0 Å². The van der Waals surface area contributed by atoms with E-state index in [0.29, 0.717) is 23.8 Å². The fourth-order valence-corrected chi connectivity index (χ4v) is 2.47. The Morgan fingerprint density at radius 1 is 1.21 bits per heavy atom. The molecule has 0 aliphatic heterocycles. The Balaban J connectivity index is 1.98. The standard InChI is InChI=1S/C18H19BrN2O2S/c1-12(2)11-23-14-7-5-6-13(10-14)17(22)21-18(24)20-16-9-4-3-8-15(16)19/h3-10,12H,11H2,1-2H3,(H2,20,21,22,24). The van der Waals surface area contributed by atoms with Gasteiger partial charge in [0, 0.05) is 10.0 Å². The van der Waals surface area contributed by atoms with E-state index in [-0.39, 0.29) is 11.0 Å². The molecule has 2 rings (SSSR count). The number of amides is 1. The molecule has 0 heterocycles. The lowest BCUT2D eigenvalue weighted by atomic mass is 10.2. The van der Waals surface area contributed by atoms with Crippen LogP contribution in [0.2, 0.25) is 0 Å². The zero-order chi connectivity index (χ0) is 17.5. The summed E-state index contributed by atoms with van der Waals surface area (Å²) >= 11 is 8.62. The Labute approximate surface area is 155 Å². The normalized spacial score (nSPS) is 10.3. The number of nitrogens with one attached hydrogen (secondary N) is 2. The van der Waals surface area contributed by atoms with Gasteiger partial charge in [-0.25, -0.2) is 0 Å². The molecule has 0 aromatic heterocycles. The van der Waals surface area contributed by atoms with Gasteiger partial charge in [0.15, 0.2) is 5.11 Å². The van der Waals surface area contributed by atoms with Gasteiger partial charge in [-0.3, -0.25) is 10.1 Å². The summed E-state index contributed by atoms with van der Waals surface area (Å²) in [6.07, 6.45) is 0. The Bertz CT molecular complexity index is 734. The summed E-state index contributed by atoms with van der Waals surface area (Å²) in [5.74, 6) is 0.805. The van der Waals surface area contributed by atoms with Crippen LogP contribution in [0.25, 0.3) is 0 Å². The molecule has 6 heteroatoms. The molecule has 0 spiro atoms. The van der Waals surface area contributed by atoms with E-state index < -0.39 is 0 Å². The van der Waals surface area contributed by atoms with Crippen molar-refractivity contribution in [3.8, 4) is 5.75 Å². The van der Waals surface area contributed by atoms with Gasteiger partial charge in [0.2, 0.25) is 0 Å². The first-order valence-corrected chi connectivity index (χ1v) is 8.75. The predicted octanol–water partition coefficient (Wildman–Crippen LogP) is 4.61. The lowest BCUT2D eigenvalue weighted by Gasteiger charge is -2.12. The fourth-order valence-electron chi connectivity index (χ4n) is 1.88. The van der Waals surface area contributed by atoms with Crippen molar-refractivity contribution in [1.29, 1.82) is 0 Å². The highest BCUT2D eigenvalue weighted by atomic mass is 79.9. The van der Waals surface area contributed by atoms with Crippen LogP contribution in [-0.4, -0.2) is 17.6 Å². The van der Waals surface area contributed by atoms with Gasteiger partial charge in [0.05, 0.1) is 12.3 Å². The zero-order valence-electron chi connectivity index (χ0n) is 13.5. The van der Waals surface area contributed by atoms with Crippen molar-refractivity contribution >= 4 is 44.9 Å². The molecule has 2 N–H and O–H groups in total. The van der Waals surface area contributed by atoms with Crippen LogP contribution < -0.4 is 15.4 Å². The maximum atomic E-state index is 12.3. The molecule has 2 aromatic carbocycles. The molecular weight excluding hydrogens is 388 g/mol. The number of ether oxygens (including phenoxy) is 1. The molecule has 126 valence electrons. The number of carbonyl (C=O) groups is 1. The van der Waals surface area contributed by atoms with Crippen molar-refractivity contribution in [2.75, 3.05) is 11.9 Å². The number of thiocarbonyl (C=S) groups is 1. The minimum Gasteiger partial charge on any atom is -0.493 e. The summed E-state index contributed by atoms with van der Waals surface area (Å²) in [6.45, 7) is 4.75. The van der Waals surface area contributed by atoms with Crippen LogP contribution >= 0.6 is 28.1 Å². The predicted molar refractivity (Wildman–Crippen MR) is 105 cm³/mol. The van der Waals surface area contributed by atoms with Crippen LogP contribution in [-0.2, 0) is 0 Å². The number of benzene rings is 2. The third kappa shape index (κ3) is 5.62. The number of rotatable bonds is 5. The third-order valence-corrected chi connectivity index (χ3v) is 3.92. The van der Waals surface area contributed by atoms with Gasteiger partial charge in [-0.2, -0.15) is 0 Å². The van der Waals surface area contributed by atoms with Crippen LogP contribution in [0.4, 0.5) is 5.69 Å². The van der Waals surface area contributed by atoms with E-state index in [9.17, 15) is 4.79 Å². The molecular formula is C18H19BrN2O2S. The molecule has 24 heavy (non-hydrogen) atoms. The maximum absolute atomic E-state index is 12.3. The first-order valence-electron chi connectivity index (χ1n) is 7.55. The molecule has 0 unspecified atom stereocenters. The molecule has 0 radical (unpaired) electrons. The average Bonchev–Trinajstić information content (AvgIpc) is 2.55. The van der Waals surface area contributed by atoms with Gasteiger partial charge >= 0.3 is 0 Å². The summed E-state index contributed by atoms with van der Waals surface area (Å²) in [6, 6.07) is 14.6. The van der Waals surface area contributed by atoms with Crippen molar-refractivity contribution in [2.45, 2.75) is 13.8 Å². The summed E-state index contributed by atoms with van der Waals surface area (Å²) in [5, 5.41) is 5.89. The van der Waals surface area contributed by atoms with Crippen molar-refractivity contribution in [2.24, 2.45) is 5.92 Å². The second-order valence-corrected chi connectivity index (χ2v) is 6.88. The Kier molecular flexibility index (Phi) is 6.75. The highest BCUT2D eigenvalue weighted by Crippen LogP contribution is 2.21. The van der Waals surface area contributed by atoms with E-state index in [1.54, 1.807) is 18.2 Å². The monoisotopic (exact) mass is 406 g/mol. The second kappa shape index (κ2) is 8.80. The van der Waals surface area contributed by atoms with Crippen molar-refractivity contribution in [3.05, 3.63) is 58.6 Å². The molecule has 1 amide bonds. The van der Waals surface area contributed by atoms with E-state index in [1.807, 2.05) is 30.3 Å². The highest BCUT2D eigenvalue weighted by molar-refractivity contribution is 9.10. The van der Waals surface area contributed by atoms with Crippen LogP contribution in [0.1, 0.15) is 24.2 Å². The van der Waals surface area contributed by atoms with Crippen LogP contribution in [0.5, 0.6) is 5.75 Å². The van der Waals surface area contributed by atoms with Gasteiger partial charge in [-0.1, -0.05) is 32.0 Å². The summed E-state index contributed by atoms with van der Waals surface area (Å²) in [4.78, 5) is 12.3. The van der Waals surface area contributed by atoms with E-state index in [2.05, 4.69) is 40.4 Å². The van der Waals surface area contributed by atoms with Crippen molar-refractivity contribution in [1.82, 2.24) is 5.32 Å². The smallest absolute Gasteiger partial charge is 0.257 e. The molecule has 0 saturated heterocycles. The SMILES string of the molecule is CC(C)COc1cccc(C(=O)NC(=S)Nc2ccccc2Br)c1. The number of halogens is 1. The van der Waals surface area contributed by atoms with Gasteiger partial charge in [0.25, 0.3) is 5.91 Å². The number of hydrogen-bond acceptors (Lipinski definition) is 3. The maximum Gasteiger partial charge on any atom is 0.257 e. The fraction of sp³-hybridized carbons (Fsp3) is 0.222. The number of carbonyl (C=O) groups excluding carboxylic acids is 1. The van der Waals surface area contributed by atoms with Gasteiger partial charge in [-0.05, 0) is 64.4 Å². The Morgan fingerprint density at radius 2 is 1.96 bits per heavy atom. The first kappa shape index (κ1) is 18.4. The van der Waals surface area contributed by atoms with Gasteiger partial charge in [-0.15, -0.1) is 0 Å². The number of hydrogen-bond donors (Lipinski definition) is 2. The minimum absolute atomic E-state index is 0.236. The van der Waals surface area contributed by atoms with Gasteiger partial charge in [0.1, 0.15) is 5.75 Å². The molecule has 2 aromatic rings. The van der Waals surface area contributed by atoms with Crippen molar-refractivity contribution in [3.63, 3.8) is 0 Å². The van der Waals surface area contributed by atoms with Gasteiger partial charge < -0.3 is 10.1 Å². The summed E-state index contributed by atoms with van der Waals surface area (Å²) in [5.41, 5.74) is 1.28. The van der Waals surface area contributed by atoms with Crippen LogP contribution in [0, 0.1) is 5.92 Å². The summed E-state index contributed by atoms with van der Waals surface area (Å²) in [7, 11) is 0. The number of anilines is 1. The third-order valence-electron chi connectivity index (χ3n) is 3.03. The molecule has 0 bridgehead atoms. The lowest BCUT2D eigenvalue weighted by Crippen LogP contribution is -2.34. The highest BCUT2D eigenvalue weighted by Gasteiger charge is 2.10. The molecule has 0 atom stereocenters. The average molecular weight is 407 g/mol. The Hall–Kier alpha value is -1.92. The zero-order valence-corrected chi connectivity index (χ0v) is 15.9. The quantitative estimate of drug-likeness (QED) is 0.711. The molecule has 0 aliphatic rings. The largest absolute Gasteiger partial charge is 0.493 e. The summed E-state index contributed by atoms with van der Waals surface area (Å²) < 4.78 is 6.51. The molecule has 4 nitrogen and oxygen atoms in total. The minimum atomic E-state index is -0.283. The molecule has 0 saturated carbocycles. The topological polar surface area (TPSA) is 50.4 Å². The van der Waals surface area contributed by atoms with Crippen molar-refractivity contribution < 1.29 is 9.53 Å². The lowest BCUT2D eigenvalue weighted by molar-refractivity contribution is 0.0977. The van der Waals surface area contributed by atoms with E-state index in [1.165, 1.54) is 0 Å². The first-order chi connectivity index (χ1) is 11.5. The molecule has 0 aliphatic carbocycles.